The number of ether oxygens (including phenoxy) is 1. The normalized spacial score (nSPS) is 12.2. The Kier molecular flexibility index (Phi) is 4.46. The summed E-state index contributed by atoms with van der Waals surface area (Å²) in [6.45, 7) is 8.89. The minimum Gasteiger partial charge on any atom is -0.492 e. The minimum absolute atomic E-state index is 0.100. The number of aryl methyl sites for hydroxylation is 4. The van der Waals surface area contributed by atoms with Crippen molar-refractivity contribution in [3.05, 3.63) is 64.2 Å². The van der Waals surface area contributed by atoms with Crippen molar-refractivity contribution in [2.45, 2.75) is 33.7 Å². The summed E-state index contributed by atoms with van der Waals surface area (Å²) in [5.41, 5.74) is 12.5. The molecule has 0 spiro atoms. The van der Waals surface area contributed by atoms with Gasteiger partial charge in [-0.05, 0) is 56.5 Å². The fourth-order valence-electron chi connectivity index (χ4n) is 2.68. The number of nitrogens with two attached hydrogens (primary N) is 1. The molecule has 0 saturated heterocycles. The van der Waals surface area contributed by atoms with Crippen LogP contribution in [0.2, 0.25) is 0 Å². The maximum atomic E-state index is 6.30. The lowest BCUT2D eigenvalue weighted by atomic mass is 9.95. The van der Waals surface area contributed by atoms with E-state index in [1.807, 2.05) is 24.3 Å². The summed E-state index contributed by atoms with van der Waals surface area (Å²) in [7, 11) is 0. The Hall–Kier alpha value is -1.80. The van der Waals surface area contributed by atoms with Crippen molar-refractivity contribution in [2.75, 3.05) is 6.61 Å². The second kappa shape index (κ2) is 6.10. The molecule has 0 aromatic heterocycles. The molecule has 0 aliphatic heterocycles. The van der Waals surface area contributed by atoms with Gasteiger partial charge in [-0.2, -0.15) is 0 Å². The third-order valence-electron chi connectivity index (χ3n) is 3.56. The summed E-state index contributed by atoms with van der Waals surface area (Å²) < 4.78 is 5.79. The van der Waals surface area contributed by atoms with Crippen LogP contribution >= 0.6 is 0 Å². The molecule has 0 radical (unpaired) electrons. The quantitative estimate of drug-likeness (QED) is 0.910. The van der Waals surface area contributed by atoms with Crippen molar-refractivity contribution in [3.8, 4) is 5.75 Å². The van der Waals surface area contributed by atoms with Gasteiger partial charge in [0.2, 0.25) is 0 Å². The number of hydrogen-bond acceptors (Lipinski definition) is 2. The van der Waals surface area contributed by atoms with E-state index in [1.165, 1.54) is 27.8 Å². The predicted molar refractivity (Wildman–Crippen MR) is 84.3 cm³/mol. The van der Waals surface area contributed by atoms with Gasteiger partial charge in [0.25, 0.3) is 0 Å². The van der Waals surface area contributed by atoms with Crippen molar-refractivity contribution in [3.63, 3.8) is 0 Å². The summed E-state index contributed by atoms with van der Waals surface area (Å²) >= 11 is 0. The van der Waals surface area contributed by atoms with Crippen LogP contribution in [0, 0.1) is 27.7 Å². The molecular formula is C18H23NO. The first-order valence-corrected chi connectivity index (χ1v) is 7.00. The summed E-state index contributed by atoms with van der Waals surface area (Å²) in [5.74, 6) is 0.869. The van der Waals surface area contributed by atoms with Gasteiger partial charge in [0.1, 0.15) is 12.4 Å². The molecule has 106 valence electrons. The van der Waals surface area contributed by atoms with Crippen LogP contribution in [0.1, 0.15) is 33.9 Å². The van der Waals surface area contributed by atoms with E-state index in [1.54, 1.807) is 0 Å². The van der Waals surface area contributed by atoms with Gasteiger partial charge in [0, 0.05) is 0 Å². The highest BCUT2D eigenvalue weighted by molar-refractivity contribution is 5.39. The lowest BCUT2D eigenvalue weighted by Crippen LogP contribution is -2.21. The molecule has 2 rings (SSSR count). The Morgan fingerprint density at radius 3 is 2.00 bits per heavy atom. The van der Waals surface area contributed by atoms with E-state index in [9.17, 15) is 0 Å². The van der Waals surface area contributed by atoms with Gasteiger partial charge >= 0.3 is 0 Å². The van der Waals surface area contributed by atoms with Crippen molar-refractivity contribution < 1.29 is 4.74 Å². The zero-order valence-corrected chi connectivity index (χ0v) is 12.7. The Morgan fingerprint density at radius 2 is 1.45 bits per heavy atom. The molecule has 2 nitrogen and oxygen atoms in total. The number of rotatable bonds is 4. The van der Waals surface area contributed by atoms with E-state index in [2.05, 4.69) is 39.8 Å². The van der Waals surface area contributed by atoms with Crippen LogP contribution < -0.4 is 10.5 Å². The van der Waals surface area contributed by atoms with E-state index in [0.29, 0.717) is 6.61 Å². The molecule has 0 aliphatic carbocycles. The molecule has 1 unspecified atom stereocenters. The molecule has 0 fully saturated rings. The smallest absolute Gasteiger partial charge is 0.119 e. The monoisotopic (exact) mass is 269 g/mol. The summed E-state index contributed by atoms with van der Waals surface area (Å²) in [6, 6.07) is 12.3. The lowest BCUT2D eigenvalue weighted by molar-refractivity contribution is 0.290. The summed E-state index contributed by atoms with van der Waals surface area (Å²) in [4.78, 5) is 0. The third-order valence-corrected chi connectivity index (χ3v) is 3.56. The Labute approximate surface area is 121 Å². The zero-order chi connectivity index (χ0) is 14.7. The van der Waals surface area contributed by atoms with Crippen molar-refractivity contribution in [1.29, 1.82) is 0 Å². The Bertz CT molecular complexity index is 564. The Balaban J connectivity index is 2.09. The second-order valence-corrected chi connectivity index (χ2v) is 5.54. The van der Waals surface area contributed by atoms with Crippen LogP contribution in [-0.2, 0) is 0 Å². The third kappa shape index (κ3) is 3.40. The van der Waals surface area contributed by atoms with Gasteiger partial charge in [0.05, 0.1) is 6.04 Å². The lowest BCUT2D eigenvalue weighted by Gasteiger charge is -2.19. The summed E-state index contributed by atoms with van der Waals surface area (Å²) in [5, 5.41) is 0. The Morgan fingerprint density at radius 1 is 0.900 bits per heavy atom. The average Bonchev–Trinajstić information content (AvgIpc) is 2.37. The predicted octanol–water partition coefficient (Wildman–Crippen LogP) is 4.00. The van der Waals surface area contributed by atoms with Crippen LogP contribution in [-0.4, -0.2) is 6.61 Å². The van der Waals surface area contributed by atoms with Crippen LogP contribution in [0.5, 0.6) is 5.75 Å². The highest BCUT2D eigenvalue weighted by Crippen LogP contribution is 2.23. The first kappa shape index (κ1) is 14.6. The fraction of sp³-hybridized carbons (Fsp3) is 0.333. The molecule has 2 N–H and O–H groups in total. The summed E-state index contributed by atoms with van der Waals surface area (Å²) in [6.07, 6.45) is 0. The number of benzene rings is 2. The molecular weight excluding hydrogens is 246 g/mol. The van der Waals surface area contributed by atoms with Crippen molar-refractivity contribution in [2.24, 2.45) is 5.73 Å². The molecule has 2 heteroatoms. The first-order valence-electron chi connectivity index (χ1n) is 7.00. The maximum Gasteiger partial charge on any atom is 0.119 e. The van der Waals surface area contributed by atoms with Gasteiger partial charge in [0.15, 0.2) is 0 Å². The molecule has 20 heavy (non-hydrogen) atoms. The second-order valence-electron chi connectivity index (χ2n) is 5.54. The van der Waals surface area contributed by atoms with E-state index in [-0.39, 0.29) is 6.04 Å². The molecule has 0 aliphatic rings. The topological polar surface area (TPSA) is 35.2 Å². The van der Waals surface area contributed by atoms with Crippen molar-refractivity contribution >= 4 is 0 Å². The molecule has 0 saturated carbocycles. The molecule has 0 bridgehead atoms. The number of hydrogen-bond donors (Lipinski definition) is 1. The van der Waals surface area contributed by atoms with E-state index in [4.69, 9.17) is 10.5 Å². The van der Waals surface area contributed by atoms with Gasteiger partial charge in [-0.1, -0.05) is 35.4 Å². The molecule has 2 aromatic rings. The largest absolute Gasteiger partial charge is 0.492 e. The van der Waals surface area contributed by atoms with Crippen LogP contribution in [0.25, 0.3) is 0 Å². The van der Waals surface area contributed by atoms with Gasteiger partial charge in [-0.3, -0.25) is 0 Å². The zero-order valence-electron chi connectivity index (χ0n) is 12.7. The first-order chi connectivity index (χ1) is 9.47. The van der Waals surface area contributed by atoms with Crippen LogP contribution in [0.3, 0.4) is 0 Å². The van der Waals surface area contributed by atoms with E-state index < -0.39 is 0 Å². The molecule has 2 aromatic carbocycles. The highest BCUT2D eigenvalue weighted by atomic mass is 16.5. The highest BCUT2D eigenvalue weighted by Gasteiger charge is 2.13. The van der Waals surface area contributed by atoms with E-state index >= 15 is 0 Å². The fourth-order valence-corrected chi connectivity index (χ4v) is 2.68. The molecule has 0 amide bonds. The average molecular weight is 269 g/mol. The van der Waals surface area contributed by atoms with Gasteiger partial charge in [-0.15, -0.1) is 0 Å². The SMILES string of the molecule is Cc1ccc(OCC(N)c2c(C)cc(C)cc2C)cc1. The van der Waals surface area contributed by atoms with Crippen LogP contribution in [0.15, 0.2) is 36.4 Å². The van der Waals surface area contributed by atoms with Gasteiger partial charge in [-0.25, -0.2) is 0 Å². The van der Waals surface area contributed by atoms with Crippen molar-refractivity contribution in [1.82, 2.24) is 0 Å². The van der Waals surface area contributed by atoms with E-state index in [0.717, 1.165) is 5.75 Å². The standard InChI is InChI=1S/C18H23NO/c1-12-5-7-16(8-6-12)20-11-17(19)18-14(3)9-13(2)10-15(18)4/h5-10,17H,11,19H2,1-4H3. The van der Waals surface area contributed by atoms with Crippen LogP contribution in [0.4, 0.5) is 0 Å². The molecule has 0 heterocycles. The maximum absolute atomic E-state index is 6.30. The van der Waals surface area contributed by atoms with Gasteiger partial charge < -0.3 is 10.5 Å². The minimum atomic E-state index is -0.100. The molecule has 1 atom stereocenters.